The average molecular weight is 354 g/mol. The molecular weight excluding hydrogens is 324 g/mol. The Bertz CT molecular complexity index is 538. The molecule has 0 aromatic carbocycles. The van der Waals surface area contributed by atoms with Gasteiger partial charge in [0.1, 0.15) is 0 Å². The van der Waals surface area contributed by atoms with E-state index in [1.807, 2.05) is 6.08 Å². The minimum absolute atomic E-state index is 0.00578. The Morgan fingerprint density at radius 1 is 1.16 bits per heavy atom. The van der Waals surface area contributed by atoms with E-state index in [2.05, 4.69) is 13.8 Å². The highest BCUT2D eigenvalue weighted by Gasteiger charge is 2.64. The van der Waals surface area contributed by atoms with Gasteiger partial charge in [0.2, 0.25) is 5.79 Å². The van der Waals surface area contributed by atoms with Crippen molar-refractivity contribution >= 4 is 0 Å². The number of hydrogen-bond donors (Lipinski definition) is 2. The number of aliphatic hydroxyl groups excluding tert-OH is 1. The summed E-state index contributed by atoms with van der Waals surface area (Å²) >= 11 is 0. The van der Waals surface area contributed by atoms with Crippen LogP contribution in [0, 0.1) is 17.8 Å². The minimum atomic E-state index is -1.13. The van der Waals surface area contributed by atoms with E-state index in [1.54, 1.807) is 0 Å². The SMILES string of the molecule is CCC1CC2(O)CC(C)CC(C2)C12OOC1(CCCC=C1CO)OO2. The molecule has 4 rings (SSSR count). The van der Waals surface area contributed by atoms with Crippen molar-refractivity contribution in [1.82, 2.24) is 0 Å². The molecule has 4 aliphatic rings. The predicted molar refractivity (Wildman–Crippen MR) is 88.7 cm³/mol. The van der Waals surface area contributed by atoms with Gasteiger partial charge in [-0.2, -0.15) is 19.6 Å². The van der Waals surface area contributed by atoms with Crippen LogP contribution in [0.4, 0.5) is 0 Å². The maximum absolute atomic E-state index is 11.0. The zero-order valence-electron chi connectivity index (χ0n) is 15.2. The lowest BCUT2D eigenvalue weighted by atomic mass is 9.59. The van der Waals surface area contributed by atoms with Gasteiger partial charge in [-0.1, -0.05) is 19.9 Å². The molecule has 2 bridgehead atoms. The fourth-order valence-corrected chi connectivity index (χ4v) is 5.55. The third kappa shape index (κ3) is 2.78. The summed E-state index contributed by atoms with van der Waals surface area (Å²) < 4.78 is 0. The maximum atomic E-state index is 11.0. The molecule has 142 valence electrons. The highest BCUT2D eigenvalue weighted by atomic mass is 17.4. The Balaban J connectivity index is 1.60. The highest BCUT2D eigenvalue weighted by Crippen LogP contribution is 2.57. The number of rotatable bonds is 2. The van der Waals surface area contributed by atoms with E-state index in [0.717, 1.165) is 32.1 Å². The van der Waals surface area contributed by atoms with Crippen molar-refractivity contribution in [1.29, 1.82) is 0 Å². The van der Waals surface area contributed by atoms with Crippen LogP contribution in [0.3, 0.4) is 0 Å². The van der Waals surface area contributed by atoms with Crippen LogP contribution in [0.5, 0.6) is 0 Å². The first-order valence-corrected chi connectivity index (χ1v) is 9.72. The molecule has 3 aliphatic carbocycles. The van der Waals surface area contributed by atoms with E-state index in [1.165, 1.54) is 0 Å². The lowest BCUT2D eigenvalue weighted by Gasteiger charge is -2.58. The predicted octanol–water partition coefficient (Wildman–Crippen LogP) is 2.99. The van der Waals surface area contributed by atoms with Crippen molar-refractivity contribution in [2.75, 3.05) is 6.61 Å². The molecule has 1 aliphatic heterocycles. The van der Waals surface area contributed by atoms with E-state index in [9.17, 15) is 10.2 Å². The Morgan fingerprint density at radius 3 is 2.60 bits per heavy atom. The molecule has 0 aromatic rings. The molecule has 4 unspecified atom stereocenters. The van der Waals surface area contributed by atoms with Crippen molar-refractivity contribution in [2.45, 2.75) is 82.4 Å². The smallest absolute Gasteiger partial charge is 0.257 e. The van der Waals surface area contributed by atoms with Crippen molar-refractivity contribution < 1.29 is 29.8 Å². The number of fused-ring (bicyclic) bond motifs is 3. The average Bonchev–Trinajstić information content (AvgIpc) is 2.60. The molecule has 3 fully saturated rings. The monoisotopic (exact) mass is 354 g/mol. The Kier molecular flexibility index (Phi) is 4.50. The first kappa shape index (κ1) is 17.9. The first-order valence-electron chi connectivity index (χ1n) is 9.72. The van der Waals surface area contributed by atoms with Crippen molar-refractivity contribution in [2.24, 2.45) is 17.8 Å². The minimum Gasteiger partial charge on any atom is -0.392 e. The second-order valence-electron chi connectivity index (χ2n) is 8.57. The summed E-state index contributed by atoms with van der Waals surface area (Å²) in [5.41, 5.74) is 0.0166. The quantitative estimate of drug-likeness (QED) is 0.586. The van der Waals surface area contributed by atoms with Gasteiger partial charge in [0.25, 0.3) is 5.79 Å². The van der Waals surface area contributed by atoms with Crippen LogP contribution in [0.25, 0.3) is 0 Å². The maximum Gasteiger partial charge on any atom is 0.257 e. The van der Waals surface area contributed by atoms with Crippen LogP contribution in [0.2, 0.25) is 0 Å². The normalized spacial score (nSPS) is 50.1. The van der Waals surface area contributed by atoms with Gasteiger partial charge in [-0.15, -0.1) is 0 Å². The van der Waals surface area contributed by atoms with Crippen LogP contribution in [-0.4, -0.2) is 34.0 Å². The molecule has 6 heteroatoms. The van der Waals surface area contributed by atoms with Gasteiger partial charge in [-0.25, -0.2) is 0 Å². The Hall–Kier alpha value is -0.500. The fraction of sp³-hybridized carbons (Fsp3) is 0.895. The summed E-state index contributed by atoms with van der Waals surface area (Å²) in [5, 5.41) is 20.6. The molecule has 0 amide bonds. The second-order valence-corrected chi connectivity index (χ2v) is 8.57. The third-order valence-electron chi connectivity index (χ3n) is 6.67. The standard InChI is InChI=1S/C19H30O6/c1-3-14-10-17(21)9-13(2)8-16(11-17)19(14)24-22-18(23-25-19)7-5-4-6-15(18)12-20/h6,13-14,16,20-21H,3-5,7-12H2,1-2H3. The van der Waals surface area contributed by atoms with Gasteiger partial charge < -0.3 is 10.2 Å². The molecule has 2 spiro atoms. The molecular formula is C19H30O6. The summed E-state index contributed by atoms with van der Waals surface area (Å²) in [7, 11) is 0. The van der Waals surface area contributed by atoms with Crippen molar-refractivity contribution in [3.63, 3.8) is 0 Å². The lowest BCUT2D eigenvalue weighted by Crippen LogP contribution is -2.65. The van der Waals surface area contributed by atoms with Crippen LogP contribution >= 0.6 is 0 Å². The zero-order chi connectivity index (χ0) is 17.7. The van der Waals surface area contributed by atoms with Gasteiger partial charge in [-0.3, -0.25) is 0 Å². The largest absolute Gasteiger partial charge is 0.392 e. The molecule has 1 saturated heterocycles. The van der Waals surface area contributed by atoms with E-state index in [0.29, 0.717) is 30.8 Å². The molecule has 6 nitrogen and oxygen atoms in total. The molecule has 1 heterocycles. The van der Waals surface area contributed by atoms with Crippen LogP contribution in [-0.2, 0) is 19.6 Å². The summed E-state index contributed by atoms with van der Waals surface area (Å²) in [4.78, 5) is 23.7. The topological polar surface area (TPSA) is 77.4 Å². The molecule has 25 heavy (non-hydrogen) atoms. The number of hydrogen-bond acceptors (Lipinski definition) is 6. The van der Waals surface area contributed by atoms with E-state index in [4.69, 9.17) is 19.6 Å². The number of aliphatic hydroxyl groups is 2. The molecule has 0 radical (unpaired) electrons. The molecule has 2 saturated carbocycles. The first-order chi connectivity index (χ1) is 12.0. The third-order valence-corrected chi connectivity index (χ3v) is 6.67. The molecule has 2 N–H and O–H groups in total. The Morgan fingerprint density at radius 2 is 1.92 bits per heavy atom. The van der Waals surface area contributed by atoms with Gasteiger partial charge >= 0.3 is 0 Å². The fourth-order valence-electron chi connectivity index (χ4n) is 5.55. The summed E-state index contributed by atoms with van der Waals surface area (Å²) in [6.45, 7) is 4.10. The van der Waals surface area contributed by atoms with E-state index in [-0.39, 0.29) is 18.4 Å². The van der Waals surface area contributed by atoms with Gasteiger partial charge in [0, 0.05) is 23.8 Å². The summed E-state index contributed by atoms with van der Waals surface area (Å²) in [6, 6.07) is 0. The van der Waals surface area contributed by atoms with Crippen LogP contribution in [0.15, 0.2) is 11.6 Å². The number of allylic oxidation sites excluding steroid dienone is 1. The van der Waals surface area contributed by atoms with Crippen LogP contribution in [0.1, 0.15) is 65.2 Å². The van der Waals surface area contributed by atoms with Gasteiger partial charge in [0.15, 0.2) is 0 Å². The second kappa shape index (κ2) is 6.29. The molecule has 0 aromatic heterocycles. The summed E-state index contributed by atoms with van der Waals surface area (Å²) in [6.07, 6.45) is 8.16. The van der Waals surface area contributed by atoms with Gasteiger partial charge in [0.05, 0.1) is 12.2 Å². The van der Waals surface area contributed by atoms with Gasteiger partial charge in [-0.05, 0) is 50.9 Å². The molecule has 4 atom stereocenters. The van der Waals surface area contributed by atoms with Crippen LogP contribution < -0.4 is 0 Å². The van der Waals surface area contributed by atoms with E-state index >= 15 is 0 Å². The highest BCUT2D eigenvalue weighted by molar-refractivity contribution is 5.17. The Labute approximate surface area is 148 Å². The van der Waals surface area contributed by atoms with Crippen molar-refractivity contribution in [3.05, 3.63) is 11.6 Å². The van der Waals surface area contributed by atoms with E-state index < -0.39 is 17.2 Å². The lowest BCUT2D eigenvalue weighted by molar-refractivity contribution is -0.670. The zero-order valence-corrected chi connectivity index (χ0v) is 15.2. The summed E-state index contributed by atoms with van der Waals surface area (Å²) in [5.74, 6) is -1.67. The van der Waals surface area contributed by atoms with Crippen molar-refractivity contribution in [3.8, 4) is 0 Å².